The number of hydrogen-bond donors (Lipinski definition) is 1. The number of rotatable bonds is 6. The lowest BCUT2D eigenvalue weighted by atomic mass is 9.98. The fraction of sp³-hybridized carbons (Fsp3) is 0.130. The van der Waals surface area contributed by atoms with Gasteiger partial charge in [-0.1, -0.05) is 60.2 Å². The average molecular weight is 420 g/mol. The summed E-state index contributed by atoms with van der Waals surface area (Å²) in [6.07, 6.45) is 1.20. The van der Waals surface area contributed by atoms with E-state index in [1.807, 2.05) is 67.6 Å². The van der Waals surface area contributed by atoms with Gasteiger partial charge in [-0.15, -0.1) is 0 Å². The Kier molecular flexibility index (Phi) is 5.37. The molecule has 1 heterocycles. The van der Waals surface area contributed by atoms with Crippen molar-refractivity contribution in [2.75, 3.05) is 11.6 Å². The van der Waals surface area contributed by atoms with Crippen molar-refractivity contribution in [2.45, 2.75) is 17.9 Å². The van der Waals surface area contributed by atoms with E-state index >= 15 is 0 Å². The first-order valence-corrected chi connectivity index (χ1v) is 11.3. The van der Waals surface area contributed by atoms with Crippen molar-refractivity contribution in [1.29, 1.82) is 0 Å². The van der Waals surface area contributed by atoms with Crippen LogP contribution in [0, 0.1) is 6.92 Å². The Hall–Kier alpha value is -3.45. The smallest absolute Gasteiger partial charge is 0.264 e. The summed E-state index contributed by atoms with van der Waals surface area (Å²) >= 11 is 0. The quantitative estimate of drug-likeness (QED) is 0.490. The molecule has 0 spiro atoms. The molecule has 3 aromatic carbocycles. The van der Waals surface area contributed by atoms with Crippen LogP contribution in [0.3, 0.4) is 0 Å². The van der Waals surface area contributed by atoms with Crippen molar-refractivity contribution in [3.05, 3.63) is 95.6 Å². The van der Waals surface area contributed by atoms with Crippen LogP contribution in [-0.2, 0) is 9.84 Å². The van der Waals surface area contributed by atoms with Crippen molar-refractivity contribution < 1.29 is 12.9 Å². The molecule has 30 heavy (non-hydrogen) atoms. The number of anilines is 1. The van der Waals surface area contributed by atoms with Gasteiger partial charge in [-0.3, -0.25) is 0 Å². The van der Waals surface area contributed by atoms with Gasteiger partial charge < -0.3 is 9.84 Å². The molecule has 0 aliphatic rings. The van der Waals surface area contributed by atoms with Gasteiger partial charge in [-0.05, 0) is 47.5 Å². The molecule has 0 saturated heterocycles. The zero-order valence-corrected chi connectivity index (χ0v) is 17.4. The summed E-state index contributed by atoms with van der Waals surface area (Å²) in [5.74, 6) is 0.731. The molecule has 0 aliphatic heterocycles. The van der Waals surface area contributed by atoms with Crippen LogP contribution in [-0.4, -0.2) is 24.8 Å². The number of nitrogens with zero attached hydrogens (tertiary/aromatic N) is 2. The van der Waals surface area contributed by atoms with Gasteiger partial charge in [0.1, 0.15) is 0 Å². The third-order valence-electron chi connectivity index (χ3n) is 4.75. The van der Waals surface area contributed by atoms with Crippen LogP contribution in [0.5, 0.6) is 0 Å². The number of hydrogen-bond acceptors (Lipinski definition) is 6. The van der Waals surface area contributed by atoms with E-state index in [2.05, 4.69) is 15.5 Å². The highest BCUT2D eigenvalue weighted by atomic mass is 32.2. The van der Waals surface area contributed by atoms with E-state index in [9.17, 15) is 8.42 Å². The Labute approximate surface area is 175 Å². The minimum Gasteiger partial charge on any atom is -0.341 e. The van der Waals surface area contributed by atoms with Crippen LogP contribution in [0.4, 0.5) is 5.95 Å². The highest BCUT2D eigenvalue weighted by molar-refractivity contribution is 7.90. The number of benzene rings is 3. The Bertz CT molecular complexity index is 1250. The molecule has 4 rings (SSSR count). The summed E-state index contributed by atoms with van der Waals surface area (Å²) in [4.78, 5) is 4.71. The topological polar surface area (TPSA) is 85.1 Å². The normalized spacial score (nSPS) is 12.5. The monoisotopic (exact) mass is 419 g/mol. The lowest BCUT2D eigenvalue weighted by Crippen LogP contribution is -2.14. The van der Waals surface area contributed by atoms with E-state index in [0.29, 0.717) is 11.8 Å². The largest absolute Gasteiger partial charge is 0.341 e. The predicted octanol–water partition coefficient (Wildman–Crippen LogP) is 4.65. The number of aromatic nitrogens is 2. The van der Waals surface area contributed by atoms with Crippen LogP contribution >= 0.6 is 0 Å². The number of sulfone groups is 1. The maximum absolute atomic E-state index is 12.0. The van der Waals surface area contributed by atoms with Crippen LogP contribution in [0.2, 0.25) is 0 Å². The van der Waals surface area contributed by atoms with Crippen LogP contribution in [0.1, 0.15) is 22.7 Å². The van der Waals surface area contributed by atoms with E-state index in [4.69, 9.17) is 4.52 Å². The molecule has 152 valence electrons. The van der Waals surface area contributed by atoms with E-state index in [1.54, 1.807) is 18.2 Å². The maximum Gasteiger partial charge on any atom is 0.264 e. The summed E-state index contributed by atoms with van der Waals surface area (Å²) in [7, 11) is -3.33. The first-order chi connectivity index (χ1) is 14.4. The van der Waals surface area contributed by atoms with Crippen molar-refractivity contribution in [3.8, 4) is 11.5 Å². The molecule has 0 fully saturated rings. The predicted molar refractivity (Wildman–Crippen MR) is 116 cm³/mol. The Balaban J connectivity index is 1.72. The first-order valence-electron chi connectivity index (χ1n) is 9.42. The standard InChI is InChI=1S/C23H21N3O3S/c1-16-11-13-17(14-12-16)21(19-9-6-10-20(15-19)30(2,27)28)24-23-25-22(29-26-23)18-7-4-3-5-8-18/h3-15,21H,1-2H3,(H,24,26). The first kappa shape index (κ1) is 19.8. The van der Waals surface area contributed by atoms with Crippen molar-refractivity contribution in [2.24, 2.45) is 0 Å². The van der Waals surface area contributed by atoms with Gasteiger partial charge in [0.05, 0.1) is 10.9 Å². The Morgan fingerprint density at radius 3 is 2.33 bits per heavy atom. The number of nitrogens with one attached hydrogen (secondary N) is 1. The summed E-state index contributed by atoms with van der Waals surface area (Å²) < 4.78 is 29.5. The minimum absolute atomic E-state index is 0.261. The second kappa shape index (κ2) is 8.12. The molecule has 0 saturated carbocycles. The zero-order valence-electron chi connectivity index (χ0n) is 16.6. The molecule has 4 aromatic rings. The van der Waals surface area contributed by atoms with Gasteiger partial charge in [0, 0.05) is 11.8 Å². The molecule has 1 aromatic heterocycles. The van der Waals surface area contributed by atoms with Gasteiger partial charge in [0.2, 0.25) is 0 Å². The summed E-state index contributed by atoms with van der Waals surface area (Å²) in [5, 5.41) is 7.35. The fourth-order valence-electron chi connectivity index (χ4n) is 3.15. The van der Waals surface area contributed by atoms with Crippen LogP contribution in [0.25, 0.3) is 11.5 Å². The molecule has 1 unspecified atom stereocenters. The van der Waals surface area contributed by atoms with E-state index in [1.165, 1.54) is 6.26 Å². The van der Waals surface area contributed by atoms with E-state index < -0.39 is 9.84 Å². The highest BCUT2D eigenvalue weighted by Crippen LogP contribution is 2.28. The third kappa shape index (κ3) is 4.41. The Morgan fingerprint density at radius 1 is 0.900 bits per heavy atom. The van der Waals surface area contributed by atoms with E-state index in [0.717, 1.165) is 22.3 Å². The maximum atomic E-state index is 12.0. The summed E-state index contributed by atoms with van der Waals surface area (Å²) in [5.41, 5.74) is 3.70. The molecular formula is C23H21N3O3S. The minimum atomic E-state index is -3.33. The van der Waals surface area contributed by atoms with Gasteiger partial charge in [0.25, 0.3) is 11.8 Å². The van der Waals surface area contributed by atoms with Gasteiger partial charge >= 0.3 is 0 Å². The molecule has 1 atom stereocenters. The van der Waals surface area contributed by atoms with Crippen molar-refractivity contribution in [1.82, 2.24) is 10.1 Å². The molecule has 0 radical (unpaired) electrons. The van der Waals surface area contributed by atoms with Crippen molar-refractivity contribution >= 4 is 15.8 Å². The van der Waals surface area contributed by atoms with Gasteiger partial charge in [-0.25, -0.2) is 8.42 Å². The van der Waals surface area contributed by atoms with Crippen molar-refractivity contribution in [3.63, 3.8) is 0 Å². The lowest BCUT2D eigenvalue weighted by molar-refractivity contribution is 0.432. The van der Waals surface area contributed by atoms with Gasteiger partial charge in [-0.2, -0.15) is 4.98 Å². The molecule has 0 aliphatic carbocycles. The van der Waals surface area contributed by atoms with Gasteiger partial charge in [0.15, 0.2) is 9.84 Å². The average Bonchev–Trinajstić information content (AvgIpc) is 3.22. The Morgan fingerprint density at radius 2 is 1.63 bits per heavy atom. The van der Waals surface area contributed by atoms with E-state index in [-0.39, 0.29) is 10.9 Å². The zero-order chi connectivity index (χ0) is 21.1. The van der Waals surface area contributed by atoms with Crippen LogP contribution in [0.15, 0.2) is 88.3 Å². The summed E-state index contributed by atoms with van der Waals surface area (Å²) in [6.45, 7) is 2.02. The second-order valence-electron chi connectivity index (χ2n) is 7.12. The molecule has 0 amide bonds. The SMILES string of the molecule is Cc1ccc(C(Nc2noc(-c3ccccc3)n2)c2cccc(S(C)(=O)=O)c2)cc1. The third-order valence-corrected chi connectivity index (χ3v) is 5.86. The molecule has 6 nitrogen and oxygen atoms in total. The second-order valence-corrected chi connectivity index (χ2v) is 9.14. The highest BCUT2D eigenvalue weighted by Gasteiger charge is 2.19. The molecule has 1 N–H and O–H groups in total. The molecular weight excluding hydrogens is 398 g/mol. The number of aryl methyl sites for hydroxylation is 1. The van der Waals surface area contributed by atoms with Crippen LogP contribution < -0.4 is 5.32 Å². The molecule has 7 heteroatoms. The molecule has 0 bridgehead atoms. The lowest BCUT2D eigenvalue weighted by Gasteiger charge is -2.19. The fourth-order valence-corrected chi connectivity index (χ4v) is 3.83. The summed E-state index contributed by atoms with van der Waals surface area (Å²) in [6, 6.07) is 24.0.